The van der Waals surface area contributed by atoms with Crippen LogP contribution in [0, 0.1) is 0 Å². The van der Waals surface area contributed by atoms with Crippen molar-refractivity contribution in [3.05, 3.63) is 23.8 Å². The van der Waals surface area contributed by atoms with Crippen LogP contribution in [-0.2, 0) is 6.42 Å². The van der Waals surface area contributed by atoms with Gasteiger partial charge in [-0.1, -0.05) is 0 Å². The van der Waals surface area contributed by atoms with E-state index in [1.54, 1.807) is 14.2 Å². The van der Waals surface area contributed by atoms with E-state index in [1.807, 2.05) is 32.0 Å². The summed E-state index contributed by atoms with van der Waals surface area (Å²) in [6, 6.07) is 6.02. The van der Waals surface area contributed by atoms with Crippen molar-refractivity contribution in [2.45, 2.75) is 26.3 Å². The van der Waals surface area contributed by atoms with Crippen LogP contribution in [0.5, 0.6) is 11.5 Å². The number of halogens is 1. The fraction of sp³-hybridized carbons (Fsp3) is 0.500. The molecular formula is C14H24IN3O2. The maximum atomic E-state index is 5.75. The first kappa shape index (κ1) is 18.8. The Bertz CT molecular complexity index is 436. The Labute approximate surface area is 138 Å². The molecule has 1 rings (SSSR count). The summed E-state index contributed by atoms with van der Waals surface area (Å²) in [6.07, 6.45) is 0.751. The number of nitrogens with two attached hydrogens (primary N) is 1. The van der Waals surface area contributed by atoms with E-state index in [0.717, 1.165) is 23.5 Å². The van der Waals surface area contributed by atoms with Gasteiger partial charge in [0.05, 0.1) is 14.2 Å². The van der Waals surface area contributed by atoms with Gasteiger partial charge in [-0.15, -0.1) is 24.0 Å². The third-order valence-electron chi connectivity index (χ3n) is 2.59. The van der Waals surface area contributed by atoms with E-state index < -0.39 is 0 Å². The van der Waals surface area contributed by atoms with Gasteiger partial charge in [-0.2, -0.15) is 0 Å². The predicted octanol–water partition coefficient (Wildman–Crippen LogP) is 2.18. The number of nitrogens with zero attached hydrogens (tertiary/aromatic N) is 1. The van der Waals surface area contributed by atoms with E-state index in [0.29, 0.717) is 12.5 Å². The minimum atomic E-state index is 0. The third-order valence-corrected chi connectivity index (χ3v) is 2.59. The summed E-state index contributed by atoms with van der Waals surface area (Å²) >= 11 is 0. The molecule has 6 heteroatoms. The van der Waals surface area contributed by atoms with Crippen molar-refractivity contribution in [2.24, 2.45) is 10.7 Å². The Morgan fingerprint density at radius 2 is 2.00 bits per heavy atom. The van der Waals surface area contributed by atoms with Gasteiger partial charge in [0.2, 0.25) is 0 Å². The van der Waals surface area contributed by atoms with Crippen LogP contribution in [0.3, 0.4) is 0 Å². The van der Waals surface area contributed by atoms with Crippen LogP contribution in [-0.4, -0.2) is 32.8 Å². The topological polar surface area (TPSA) is 68.9 Å². The quantitative estimate of drug-likeness (QED) is 0.442. The van der Waals surface area contributed by atoms with Gasteiger partial charge in [0.15, 0.2) is 5.96 Å². The lowest BCUT2D eigenvalue weighted by Gasteiger charge is -2.10. The van der Waals surface area contributed by atoms with Gasteiger partial charge in [0.25, 0.3) is 0 Å². The molecule has 0 aliphatic carbocycles. The van der Waals surface area contributed by atoms with Crippen molar-refractivity contribution in [3.63, 3.8) is 0 Å². The SMILES string of the molecule is COc1ccc(OC)c(CCN=C(N)NC(C)C)c1.I. The lowest BCUT2D eigenvalue weighted by atomic mass is 10.1. The number of methoxy groups -OCH3 is 2. The van der Waals surface area contributed by atoms with Crippen molar-refractivity contribution in [1.82, 2.24) is 5.32 Å². The number of benzene rings is 1. The van der Waals surface area contributed by atoms with E-state index in [4.69, 9.17) is 15.2 Å². The molecule has 20 heavy (non-hydrogen) atoms. The molecule has 114 valence electrons. The molecule has 0 atom stereocenters. The Kier molecular flexibility index (Phi) is 9.11. The Morgan fingerprint density at radius 3 is 2.55 bits per heavy atom. The van der Waals surface area contributed by atoms with Gasteiger partial charge in [-0.3, -0.25) is 4.99 Å². The van der Waals surface area contributed by atoms with Crippen molar-refractivity contribution in [2.75, 3.05) is 20.8 Å². The molecule has 1 aromatic carbocycles. The summed E-state index contributed by atoms with van der Waals surface area (Å²) in [6.45, 7) is 4.65. The molecule has 0 aliphatic rings. The maximum Gasteiger partial charge on any atom is 0.188 e. The Morgan fingerprint density at radius 1 is 1.30 bits per heavy atom. The first-order valence-electron chi connectivity index (χ1n) is 6.34. The van der Waals surface area contributed by atoms with Crippen LogP contribution in [0.1, 0.15) is 19.4 Å². The molecule has 0 amide bonds. The molecule has 0 heterocycles. The lowest BCUT2D eigenvalue weighted by molar-refractivity contribution is 0.399. The molecule has 0 aromatic heterocycles. The second kappa shape index (κ2) is 9.68. The second-order valence-corrected chi connectivity index (χ2v) is 4.49. The summed E-state index contributed by atoms with van der Waals surface area (Å²) in [5, 5.41) is 3.05. The highest BCUT2D eigenvalue weighted by Crippen LogP contribution is 2.24. The third kappa shape index (κ3) is 6.31. The zero-order chi connectivity index (χ0) is 14.3. The minimum absolute atomic E-state index is 0. The fourth-order valence-electron chi connectivity index (χ4n) is 1.72. The Balaban J connectivity index is 0.00000361. The number of ether oxygens (including phenoxy) is 2. The fourth-order valence-corrected chi connectivity index (χ4v) is 1.72. The van der Waals surface area contributed by atoms with Crippen LogP contribution in [0.25, 0.3) is 0 Å². The average molecular weight is 393 g/mol. The van der Waals surface area contributed by atoms with Gasteiger partial charge in [0.1, 0.15) is 11.5 Å². The standard InChI is InChI=1S/C14H23N3O2.HI/c1-10(2)17-14(15)16-8-7-11-9-12(18-3)5-6-13(11)19-4;/h5-6,9-10H,7-8H2,1-4H3,(H3,15,16,17);1H. The molecule has 5 nitrogen and oxygen atoms in total. The molecule has 0 saturated carbocycles. The molecule has 0 bridgehead atoms. The predicted molar refractivity (Wildman–Crippen MR) is 93.4 cm³/mol. The van der Waals surface area contributed by atoms with Crippen molar-refractivity contribution < 1.29 is 9.47 Å². The van der Waals surface area contributed by atoms with Crippen molar-refractivity contribution in [1.29, 1.82) is 0 Å². The molecular weight excluding hydrogens is 369 g/mol. The number of hydrogen-bond donors (Lipinski definition) is 2. The molecule has 3 N–H and O–H groups in total. The van der Waals surface area contributed by atoms with Crippen molar-refractivity contribution >= 4 is 29.9 Å². The van der Waals surface area contributed by atoms with E-state index >= 15 is 0 Å². The van der Waals surface area contributed by atoms with Gasteiger partial charge in [-0.25, -0.2) is 0 Å². The van der Waals surface area contributed by atoms with E-state index in [1.165, 1.54) is 0 Å². The van der Waals surface area contributed by atoms with Gasteiger partial charge in [0, 0.05) is 12.6 Å². The number of guanidine groups is 1. The molecule has 0 saturated heterocycles. The summed E-state index contributed by atoms with van der Waals surface area (Å²) in [7, 11) is 3.30. The number of nitrogens with one attached hydrogen (secondary N) is 1. The molecule has 0 unspecified atom stereocenters. The molecule has 0 radical (unpaired) electrons. The number of hydrogen-bond acceptors (Lipinski definition) is 3. The van der Waals surface area contributed by atoms with Gasteiger partial charge in [-0.05, 0) is 44.0 Å². The van der Waals surface area contributed by atoms with Crippen LogP contribution in [0.2, 0.25) is 0 Å². The van der Waals surface area contributed by atoms with Crippen LogP contribution in [0.15, 0.2) is 23.2 Å². The van der Waals surface area contributed by atoms with Gasteiger partial charge >= 0.3 is 0 Å². The average Bonchev–Trinajstić information content (AvgIpc) is 2.37. The smallest absolute Gasteiger partial charge is 0.188 e. The molecule has 0 spiro atoms. The van der Waals surface area contributed by atoms with Crippen LogP contribution >= 0.6 is 24.0 Å². The Hall–Kier alpha value is -1.18. The first-order valence-corrected chi connectivity index (χ1v) is 6.34. The van der Waals surface area contributed by atoms with Gasteiger partial charge < -0.3 is 20.5 Å². The highest BCUT2D eigenvalue weighted by Gasteiger charge is 2.04. The highest BCUT2D eigenvalue weighted by atomic mass is 127. The summed E-state index contributed by atoms with van der Waals surface area (Å²) in [5.74, 6) is 2.12. The highest BCUT2D eigenvalue weighted by molar-refractivity contribution is 14.0. The summed E-state index contributed by atoms with van der Waals surface area (Å²) < 4.78 is 10.5. The van der Waals surface area contributed by atoms with E-state index in [-0.39, 0.29) is 30.0 Å². The first-order chi connectivity index (χ1) is 9.06. The molecule has 1 aromatic rings. The summed E-state index contributed by atoms with van der Waals surface area (Å²) in [4.78, 5) is 4.28. The zero-order valence-electron chi connectivity index (χ0n) is 12.5. The monoisotopic (exact) mass is 393 g/mol. The maximum absolute atomic E-state index is 5.75. The van der Waals surface area contributed by atoms with Crippen LogP contribution in [0.4, 0.5) is 0 Å². The summed E-state index contributed by atoms with van der Waals surface area (Å²) in [5.41, 5.74) is 6.81. The van der Waals surface area contributed by atoms with Crippen LogP contribution < -0.4 is 20.5 Å². The second-order valence-electron chi connectivity index (χ2n) is 4.49. The lowest BCUT2D eigenvalue weighted by Crippen LogP contribution is -2.36. The zero-order valence-corrected chi connectivity index (χ0v) is 14.8. The normalized spacial score (nSPS) is 10.9. The largest absolute Gasteiger partial charge is 0.497 e. The van der Waals surface area contributed by atoms with Crippen molar-refractivity contribution in [3.8, 4) is 11.5 Å². The molecule has 0 aliphatic heterocycles. The van der Waals surface area contributed by atoms with E-state index in [2.05, 4.69) is 10.3 Å². The van der Waals surface area contributed by atoms with E-state index in [9.17, 15) is 0 Å². The minimum Gasteiger partial charge on any atom is -0.497 e. The molecule has 0 fully saturated rings. The number of rotatable bonds is 6. The number of aliphatic imine (C=N–C) groups is 1.